The summed E-state index contributed by atoms with van der Waals surface area (Å²) in [6.07, 6.45) is 4.44. The zero-order valence-corrected chi connectivity index (χ0v) is 18.5. The molecule has 1 aromatic heterocycles. The molecule has 2 aromatic rings. The molecule has 1 aliphatic rings. The number of urea groups is 1. The van der Waals surface area contributed by atoms with Crippen LogP contribution in [0.5, 0.6) is 0 Å². The van der Waals surface area contributed by atoms with Crippen LogP contribution in [-0.4, -0.2) is 36.7 Å². The second-order valence-corrected chi connectivity index (χ2v) is 8.75. The highest BCUT2D eigenvalue weighted by atomic mass is 32.1. The maximum atomic E-state index is 12.0. The number of ether oxygens (including phenoxy) is 2. The molecule has 32 heavy (non-hydrogen) atoms. The smallest absolute Gasteiger partial charge is 0.323 e. The van der Waals surface area contributed by atoms with Gasteiger partial charge in [0.15, 0.2) is 0 Å². The van der Waals surface area contributed by atoms with E-state index in [0.717, 1.165) is 41.7 Å². The van der Waals surface area contributed by atoms with E-state index < -0.39 is 18.0 Å². The quantitative estimate of drug-likeness (QED) is 0.315. The number of carbonyl (C=O) groups excluding carboxylic acids is 3. The molecular formula is C22H28N4O5S. The Morgan fingerprint density at radius 2 is 1.81 bits per heavy atom. The van der Waals surface area contributed by atoms with Crippen molar-refractivity contribution in [1.82, 2.24) is 0 Å². The van der Waals surface area contributed by atoms with E-state index in [1.807, 2.05) is 24.3 Å². The summed E-state index contributed by atoms with van der Waals surface area (Å²) in [6, 6.07) is 7.74. The number of anilines is 1. The highest BCUT2D eigenvalue weighted by molar-refractivity contribution is 7.20. The van der Waals surface area contributed by atoms with Crippen LogP contribution < -0.4 is 22.5 Å². The molecule has 172 valence electrons. The van der Waals surface area contributed by atoms with Crippen molar-refractivity contribution in [1.29, 1.82) is 0 Å². The third kappa shape index (κ3) is 6.52. The Hall–Kier alpha value is -2.95. The number of primary amides is 2. The lowest BCUT2D eigenvalue weighted by Gasteiger charge is -2.15. The third-order valence-electron chi connectivity index (χ3n) is 5.20. The summed E-state index contributed by atoms with van der Waals surface area (Å²) < 4.78 is 11.1. The van der Waals surface area contributed by atoms with Gasteiger partial charge in [0.25, 0.3) is 5.91 Å². The number of thiophene rings is 1. The first kappa shape index (κ1) is 23.7. The minimum absolute atomic E-state index is 0.0121. The highest BCUT2D eigenvalue weighted by Gasteiger charge is 2.23. The Morgan fingerprint density at radius 3 is 2.44 bits per heavy atom. The maximum absolute atomic E-state index is 12.0. The third-order valence-corrected chi connectivity index (χ3v) is 6.30. The average Bonchev–Trinajstić information content (AvgIpc) is 3.41. The average molecular weight is 461 g/mol. The molecule has 3 rings (SSSR count). The van der Waals surface area contributed by atoms with Crippen LogP contribution in [0.4, 0.5) is 9.80 Å². The zero-order chi connectivity index (χ0) is 23.1. The van der Waals surface area contributed by atoms with Gasteiger partial charge < -0.3 is 26.7 Å². The molecule has 1 heterocycles. The molecule has 0 unspecified atom stereocenters. The Labute approximate surface area is 190 Å². The number of amides is 3. The fourth-order valence-electron chi connectivity index (χ4n) is 3.46. The second-order valence-electron chi connectivity index (χ2n) is 7.69. The van der Waals surface area contributed by atoms with Crippen LogP contribution in [0.15, 0.2) is 30.3 Å². The SMILES string of the molecule is NC(=O)Nc1sc(-c2ccc(COCC[C@H](N)C(=O)OC3CCCC3)cc2)cc1C(N)=O. The lowest BCUT2D eigenvalue weighted by molar-refractivity contribution is -0.150. The van der Waals surface area contributed by atoms with E-state index >= 15 is 0 Å². The normalized spacial score (nSPS) is 14.8. The first-order valence-electron chi connectivity index (χ1n) is 10.5. The predicted molar refractivity (Wildman–Crippen MR) is 122 cm³/mol. The van der Waals surface area contributed by atoms with Crippen molar-refractivity contribution >= 4 is 34.2 Å². The van der Waals surface area contributed by atoms with Crippen LogP contribution in [-0.2, 0) is 20.9 Å². The number of benzene rings is 1. The van der Waals surface area contributed by atoms with Crippen LogP contribution in [0.2, 0.25) is 0 Å². The van der Waals surface area contributed by atoms with Gasteiger partial charge in [0.2, 0.25) is 0 Å². The van der Waals surface area contributed by atoms with Gasteiger partial charge in [-0.05, 0) is 49.3 Å². The van der Waals surface area contributed by atoms with Gasteiger partial charge in [-0.2, -0.15) is 0 Å². The number of hydrogen-bond donors (Lipinski definition) is 4. The Balaban J connectivity index is 1.48. The lowest BCUT2D eigenvalue weighted by atomic mass is 10.1. The van der Waals surface area contributed by atoms with E-state index in [0.29, 0.717) is 24.6 Å². The molecular weight excluding hydrogens is 432 g/mol. The van der Waals surface area contributed by atoms with Crippen molar-refractivity contribution < 1.29 is 23.9 Å². The highest BCUT2D eigenvalue weighted by Crippen LogP contribution is 2.35. The molecule has 0 spiro atoms. The van der Waals surface area contributed by atoms with Crippen LogP contribution >= 0.6 is 11.3 Å². The molecule has 1 aromatic carbocycles. The van der Waals surface area contributed by atoms with E-state index in [1.165, 1.54) is 11.3 Å². The summed E-state index contributed by atoms with van der Waals surface area (Å²) in [5.74, 6) is -1.01. The summed E-state index contributed by atoms with van der Waals surface area (Å²) in [7, 11) is 0. The summed E-state index contributed by atoms with van der Waals surface area (Å²) in [5, 5.41) is 2.74. The van der Waals surface area contributed by atoms with Crippen LogP contribution in [0.3, 0.4) is 0 Å². The molecule has 10 heteroatoms. The van der Waals surface area contributed by atoms with E-state index in [-0.39, 0.29) is 17.6 Å². The summed E-state index contributed by atoms with van der Waals surface area (Å²) in [6.45, 7) is 0.716. The summed E-state index contributed by atoms with van der Waals surface area (Å²) in [4.78, 5) is 35.5. The Kier molecular flexibility index (Phi) is 8.20. The molecule has 7 N–H and O–H groups in total. The molecule has 0 saturated heterocycles. The molecule has 0 radical (unpaired) electrons. The fraction of sp³-hybridized carbons (Fsp3) is 0.409. The van der Waals surface area contributed by atoms with Crippen molar-refractivity contribution in [2.45, 2.75) is 50.9 Å². The van der Waals surface area contributed by atoms with E-state index in [1.54, 1.807) is 6.07 Å². The molecule has 0 bridgehead atoms. The number of hydrogen-bond acceptors (Lipinski definition) is 7. The van der Waals surface area contributed by atoms with Gasteiger partial charge in [-0.15, -0.1) is 11.3 Å². The zero-order valence-electron chi connectivity index (χ0n) is 17.7. The maximum Gasteiger partial charge on any atom is 0.323 e. The Morgan fingerprint density at radius 1 is 1.12 bits per heavy atom. The number of esters is 1. The van der Waals surface area contributed by atoms with Crippen LogP contribution in [0, 0.1) is 0 Å². The standard InChI is InChI=1S/C22H28N4O5S/c23-17(21(28)31-15-3-1-2-4-15)9-10-30-12-13-5-7-14(8-6-13)18-11-16(19(24)27)20(32-18)26-22(25)29/h5-8,11,15,17H,1-4,9-10,12,23H2,(H2,24,27)(H3,25,26,29)/t17-/m0/s1. The van der Waals surface area contributed by atoms with Gasteiger partial charge in [0.1, 0.15) is 17.1 Å². The largest absolute Gasteiger partial charge is 0.461 e. The van der Waals surface area contributed by atoms with E-state index in [2.05, 4.69) is 5.32 Å². The predicted octanol–water partition coefficient (Wildman–Crippen LogP) is 2.72. The molecule has 0 aliphatic heterocycles. The molecule has 1 saturated carbocycles. The van der Waals surface area contributed by atoms with Crippen molar-refractivity contribution in [3.8, 4) is 10.4 Å². The number of nitrogens with one attached hydrogen (secondary N) is 1. The van der Waals surface area contributed by atoms with E-state index in [4.69, 9.17) is 26.7 Å². The molecule has 9 nitrogen and oxygen atoms in total. The fourth-order valence-corrected chi connectivity index (χ4v) is 4.53. The lowest BCUT2D eigenvalue weighted by Crippen LogP contribution is -2.35. The molecule has 1 aliphatic carbocycles. The first-order valence-corrected chi connectivity index (χ1v) is 11.3. The Bertz CT molecular complexity index is 954. The second kappa shape index (κ2) is 11.1. The van der Waals surface area contributed by atoms with Crippen LogP contribution in [0.25, 0.3) is 10.4 Å². The van der Waals surface area contributed by atoms with E-state index in [9.17, 15) is 14.4 Å². The topological polar surface area (TPSA) is 160 Å². The molecule has 3 amide bonds. The summed E-state index contributed by atoms with van der Waals surface area (Å²) >= 11 is 1.21. The number of carbonyl (C=O) groups is 3. The molecule has 1 atom stereocenters. The van der Waals surface area contributed by atoms with Crippen molar-refractivity contribution in [3.63, 3.8) is 0 Å². The minimum Gasteiger partial charge on any atom is -0.461 e. The van der Waals surface area contributed by atoms with Crippen molar-refractivity contribution in [3.05, 3.63) is 41.5 Å². The molecule has 1 fully saturated rings. The van der Waals surface area contributed by atoms with Crippen molar-refractivity contribution in [2.75, 3.05) is 11.9 Å². The summed E-state index contributed by atoms with van der Waals surface area (Å²) in [5.41, 5.74) is 18.4. The van der Waals surface area contributed by atoms with Gasteiger partial charge in [0, 0.05) is 11.5 Å². The first-order chi connectivity index (χ1) is 15.3. The van der Waals surface area contributed by atoms with Gasteiger partial charge >= 0.3 is 12.0 Å². The number of rotatable bonds is 10. The number of nitrogens with two attached hydrogens (primary N) is 3. The van der Waals surface area contributed by atoms with Gasteiger partial charge in [-0.25, -0.2) is 4.79 Å². The van der Waals surface area contributed by atoms with Crippen LogP contribution in [0.1, 0.15) is 48.0 Å². The van der Waals surface area contributed by atoms with Crippen molar-refractivity contribution in [2.24, 2.45) is 17.2 Å². The van der Waals surface area contributed by atoms with Gasteiger partial charge in [-0.1, -0.05) is 24.3 Å². The van der Waals surface area contributed by atoms with Gasteiger partial charge in [-0.3, -0.25) is 14.9 Å². The van der Waals surface area contributed by atoms with Gasteiger partial charge in [0.05, 0.1) is 12.2 Å². The minimum atomic E-state index is -0.764. The monoisotopic (exact) mass is 460 g/mol.